The number of nitrogens with one attached hydrogen (secondary N) is 2. The van der Waals surface area contributed by atoms with Gasteiger partial charge >= 0.3 is 0 Å². The third kappa shape index (κ3) is 5.30. The van der Waals surface area contributed by atoms with Crippen molar-refractivity contribution in [1.82, 2.24) is 5.32 Å². The molecule has 106 valence electrons. The zero-order chi connectivity index (χ0) is 14.3. The van der Waals surface area contributed by atoms with Gasteiger partial charge in [-0.1, -0.05) is 6.92 Å². The highest BCUT2D eigenvalue weighted by Crippen LogP contribution is 2.12. The van der Waals surface area contributed by atoms with Crippen molar-refractivity contribution in [3.63, 3.8) is 0 Å². The summed E-state index contributed by atoms with van der Waals surface area (Å²) in [5.41, 5.74) is 1.68. The Hall–Kier alpha value is -1.55. The summed E-state index contributed by atoms with van der Waals surface area (Å²) in [5.74, 6) is -0.0366. The molecule has 0 bridgehead atoms. The van der Waals surface area contributed by atoms with Crippen LogP contribution in [0.15, 0.2) is 24.3 Å². The average Bonchev–Trinajstić information content (AvgIpc) is 2.38. The fourth-order valence-electron chi connectivity index (χ4n) is 1.76. The molecular weight excluding hydrogens is 240 g/mol. The van der Waals surface area contributed by atoms with Crippen LogP contribution in [-0.2, 0) is 4.74 Å². The summed E-state index contributed by atoms with van der Waals surface area (Å²) >= 11 is 0. The van der Waals surface area contributed by atoms with E-state index in [1.54, 1.807) is 7.11 Å². The second-order valence-electron chi connectivity index (χ2n) is 4.91. The van der Waals surface area contributed by atoms with Crippen molar-refractivity contribution in [1.29, 1.82) is 0 Å². The average molecular weight is 264 g/mol. The number of carbonyl (C=O) groups excluding carboxylic acids is 1. The lowest BCUT2D eigenvalue weighted by Crippen LogP contribution is -2.30. The summed E-state index contributed by atoms with van der Waals surface area (Å²) in [4.78, 5) is 11.8. The SMILES string of the molecule is CCC(COC)Nc1ccc(C(=O)NC(C)C)cc1. The summed E-state index contributed by atoms with van der Waals surface area (Å²) in [6.07, 6.45) is 0.990. The van der Waals surface area contributed by atoms with Crippen LogP contribution < -0.4 is 10.6 Å². The summed E-state index contributed by atoms with van der Waals surface area (Å²) in [5, 5.41) is 6.25. The van der Waals surface area contributed by atoms with E-state index in [-0.39, 0.29) is 11.9 Å². The van der Waals surface area contributed by atoms with Gasteiger partial charge in [0.15, 0.2) is 0 Å². The minimum atomic E-state index is -0.0366. The van der Waals surface area contributed by atoms with Crippen molar-refractivity contribution < 1.29 is 9.53 Å². The molecule has 1 aromatic carbocycles. The predicted molar refractivity (Wildman–Crippen MR) is 78.6 cm³/mol. The number of hydrogen-bond acceptors (Lipinski definition) is 3. The molecule has 1 amide bonds. The molecule has 0 heterocycles. The van der Waals surface area contributed by atoms with Crippen molar-refractivity contribution in [2.24, 2.45) is 0 Å². The molecule has 0 spiro atoms. The molecule has 4 heteroatoms. The first-order chi connectivity index (χ1) is 9.06. The Kier molecular flexibility index (Phi) is 6.36. The van der Waals surface area contributed by atoms with Crippen LogP contribution in [0.25, 0.3) is 0 Å². The Morgan fingerprint density at radius 1 is 1.26 bits per heavy atom. The number of hydrogen-bond donors (Lipinski definition) is 2. The van der Waals surface area contributed by atoms with Crippen molar-refractivity contribution in [3.8, 4) is 0 Å². The fourth-order valence-corrected chi connectivity index (χ4v) is 1.76. The third-order valence-electron chi connectivity index (χ3n) is 2.80. The molecule has 0 saturated heterocycles. The number of anilines is 1. The van der Waals surface area contributed by atoms with Crippen LogP contribution in [0.4, 0.5) is 5.69 Å². The largest absolute Gasteiger partial charge is 0.383 e. The molecule has 19 heavy (non-hydrogen) atoms. The van der Waals surface area contributed by atoms with Gasteiger partial charge in [0.05, 0.1) is 6.61 Å². The van der Waals surface area contributed by atoms with E-state index in [1.807, 2.05) is 38.1 Å². The highest BCUT2D eigenvalue weighted by Gasteiger charge is 2.08. The van der Waals surface area contributed by atoms with E-state index >= 15 is 0 Å². The van der Waals surface area contributed by atoms with Gasteiger partial charge in [-0.15, -0.1) is 0 Å². The highest BCUT2D eigenvalue weighted by molar-refractivity contribution is 5.94. The van der Waals surface area contributed by atoms with E-state index in [9.17, 15) is 4.79 Å². The molecule has 0 saturated carbocycles. The first kappa shape index (κ1) is 15.5. The van der Waals surface area contributed by atoms with Crippen LogP contribution in [-0.4, -0.2) is 31.7 Å². The lowest BCUT2D eigenvalue weighted by atomic mass is 10.1. The molecule has 0 radical (unpaired) electrons. The van der Waals surface area contributed by atoms with Crippen LogP contribution >= 0.6 is 0 Å². The van der Waals surface area contributed by atoms with Gasteiger partial charge < -0.3 is 15.4 Å². The van der Waals surface area contributed by atoms with Crippen LogP contribution in [0, 0.1) is 0 Å². The van der Waals surface area contributed by atoms with E-state index in [1.165, 1.54) is 0 Å². The number of amides is 1. The Morgan fingerprint density at radius 2 is 1.89 bits per heavy atom. The first-order valence-electron chi connectivity index (χ1n) is 6.73. The van der Waals surface area contributed by atoms with Gasteiger partial charge in [0, 0.05) is 30.4 Å². The summed E-state index contributed by atoms with van der Waals surface area (Å²) < 4.78 is 5.15. The predicted octanol–water partition coefficient (Wildman–Crippen LogP) is 2.66. The second-order valence-corrected chi connectivity index (χ2v) is 4.91. The van der Waals surface area contributed by atoms with Crippen molar-refractivity contribution in [2.45, 2.75) is 39.3 Å². The van der Waals surface area contributed by atoms with E-state index < -0.39 is 0 Å². The van der Waals surface area contributed by atoms with E-state index in [2.05, 4.69) is 17.6 Å². The quantitative estimate of drug-likeness (QED) is 0.796. The molecule has 1 atom stereocenters. The first-order valence-corrected chi connectivity index (χ1v) is 6.73. The molecule has 1 aromatic rings. The zero-order valence-electron chi connectivity index (χ0n) is 12.2. The number of carbonyl (C=O) groups is 1. The van der Waals surface area contributed by atoms with Gasteiger partial charge in [-0.3, -0.25) is 4.79 Å². The van der Waals surface area contributed by atoms with Gasteiger partial charge in [-0.05, 0) is 44.5 Å². The normalized spacial score (nSPS) is 12.3. The minimum absolute atomic E-state index is 0.0366. The molecule has 4 nitrogen and oxygen atoms in total. The molecule has 1 rings (SSSR count). The number of rotatable bonds is 7. The van der Waals surface area contributed by atoms with Crippen molar-refractivity contribution in [3.05, 3.63) is 29.8 Å². The maximum absolute atomic E-state index is 11.8. The summed E-state index contributed by atoms with van der Waals surface area (Å²) in [7, 11) is 1.70. The lowest BCUT2D eigenvalue weighted by Gasteiger charge is -2.17. The fraction of sp³-hybridized carbons (Fsp3) is 0.533. The van der Waals surface area contributed by atoms with Gasteiger partial charge in [-0.2, -0.15) is 0 Å². The smallest absolute Gasteiger partial charge is 0.251 e. The van der Waals surface area contributed by atoms with Crippen LogP contribution in [0.1, 0.15) is 37.6 Å². The maximum Gasteiger partial charge on any atom is 0.251 e. The minimum Gasteiger partial charge on any atom is -0.383 e. The zero-order valence-corrected chi connectivity index (χ0v) is 12.2. The van der Waals surface area contributed by atoms with Crippen LogP contribution in [0.2, 0.25) is 0 Å². The third-order valence-corrected chi connectivity index (χ3v) is 2.80. The molecule has 0 aliphatic carbocycles. The standard InChI is InChI=1S/C15H24N2O2/c1-5-13(10-19-4)17-14-8-6-12(7-9-14)15(18)16-11(2)3/h6-9,11,13,17H,5,10H2,1-4H3,(H,16,18). The van der Waals surface area contributed by atoms with E-state index in [4.69, 9.17) is 4.74 Å². The molecule has 0 fully saturated rings. The Bertz CT molecular complexity index is 388. The number of methoxy groups -OCH3 is 1. The van der Waals surface area contributed by atoms with Crippen LogP contribution in [0.5, 0.6) is 0 Å². The van der Waals surface area contributed by atoms with Gasteiger partial charge in [-0.25, -0.2) is 0 Å². The van der Waals surface area contributed by atoms with E-state index in [0.29, 0.717) is 18.2 Å². The Labute approximate surface area is 115 Å². The summed E-state index contributed by atoms with van der Waals surface area (Å²) in [6, 6.07) is 7.96. The Balaban J connectivity index is 2.63. The molecule has 0 aliphatic heterocycles. The molecular formula is C15H24N2O2. The summed E-state index contributed by atoms with van der Waals surface area (Å²) in [6.45, 7) is 6.68. The second kappa shape index (κ2) is 7.79. The van der Waals surface area contributed by atoms with E-state index in [0.717, 1.165) is 12.1 Å². The molecule has 1 unspecified atom stereocenters. The topological polar surface area (TPSA) is 50.4 Å². The van der Waals surface area contributed by atoms with Gasteiger partial charge in [0.2, 0.25) is 0 Å². The monoisotopic (exact) mass is 264 g/mol. The molecule has 2 N–H and O–H groups in total. The maximum atomic E-state index is 11.8. The highest BCUT2D eigenvalue weighted by atomic mass is 16.5. The van der Waals surface area contributed by atoms with Gasteiger partial charge in [0.25, 0.3) is 5.91 Å². The number of ether oxygens (including phenoxy) is 1. The van der Waals surface area contributed by atoms with Crippen molar-refractivity contribution >= 4 is 11.6 Å². The number of benzene rings is 1. The molecule has 0 aromatic heterocycles. The lowest BCUT2D eigenvalue weighted by molar-refractivity contribution is 0.0943. The molecule has 0 aliphatic rings. The van der Waals surface area contributed by atoms with Gasteiger partial charge in [0.1, 0.15) is 0 Å². The van der Waals surface area contributed by atoms with Crippen molar-refractivity contribution in [2.75, 3.05) is 19.0 Å². The van der Waals surface area contributed by atoms with Crippen LogP contribution in [0.3, 0.4) is 0 Å². The Morgan fingerprint density at radius 3 is 2.37 bits per heavy atom.